The molecule has 1 atom stereocenters. The first-order valence-corrected chi connectivity index (χ1v) is 9.64. The Kier molecular flexibility index (Phi) is 6.10. The smallest absolute Gasteiger partial charge is 0.0589 e. The highest BCUT2D eigenvalue weighted by atomic mass is 32.1. The second kappa shape index (κ2) is 8.08. The zero-order valence-corrected chi connectivity index (χ0v) is 15.3. The number of piperidine rings is 1. The second-order valence-electron chi connectivity index (χ2n) is 7.15. The minimum atomic E-state index is 0.453. The van der Waals surface area contributed by atoms with Gasteiger partial charge in [-0.05, 0) is 53.7 Å². The lowest BCUT2D eigenvalue weighted by Gasteiger charge is -2.42. The quantitative estimate of drug-likeness (QED) is 0.763. The molecule has 0 unspecified atom stereocenters. The lowest BCUT2D eigenvalue weighted by molar-refractivity contribution is 0.0348. The summed E-state index contributed by atoms with van der Waals surface area (Å²) in [5.74, 6) is 0.674. The normalized spacial score (nSPS) is 25.4. The fraction of sp³-hybridized carbons (Fsp3) is 0.778. The molecule has 2 saturated heterocycles. The Hall–Kier alpha value is -0.460. The fourth-order valence-corrected chi connectivity index (χ4v) is 4.99. The van der Waals surface area contributed by atoms with Crippen molar-refractivity contribution in [2.45, 2.75) is 19.4 Å². The van der Waals surface area contributed by atoms with Gasteiger partial charge in [-0.25, -0.2) is 0 Å². The van der Waals surface area contributed by atoms with Crippen LogP contribution in [0.15, 0.2) is 16.8 Å². The van der Waals surface area contributed by atoms with E-state index in [0.29, 0.717) is 11.3 Å². The van der Waals surface area contributed by atoms with Crippen LogP contribution in [0.2, 0.25) is 0 Å². The van der Waals surface area contributed by atoms with Gasteiger partial charge < -0.3 is 14.4 Å². The first-order chi connectivity index (χ1) is 11.3. The molecular weight excluding hydrogens is 308 g/mol. The molecule has 0 bridgehead atoms. The summed E-state index contributed by atoms with van der Waals surface area (Å²) in [5, 5.41) is 4.46. The average Bonchev–Trinajstić information content (AvgIpc) is 3.17. The molecule has 4 nitrogen and oxygen atoms in total. The van der Waals surface area contributed by atoms with Crippen molar-refractivity contribution < 1.29 is 9.47 Å². The summed E-state index contributed by atoms with van der Waals surface area (Å²) in [6.07, 6.45) is 2.60. The zero-order valence-electron chi connectivity index (χ0n) is 14.5. The Morgan fingerprint density at radius 3 is 2.70 bits per heavy atom. The van der Waals surface area contributed by atoms with Crippen molar-refractivity contribution in [3.8, 4) is 0 Å². The van der Waals surface area contributed by atoms with Crippen molar-refractivity contribution in [2.75, 3.05) is 60.2 Å². The van der Waals surface area contributed by atoms with Gasteiger partial charge in [0.15, 0.2) is 0 Å². The van der Waals surface area contributed by atoms with Crippen LogP contribution < -0.4 is 0 Å². The van der Waals surface area contributed by atoms with Crippen LogP contribution in [0.1, 0.15) is 18.4 Å². The fourth-order valence-electron chi connectivity index (χ4n) is 4.33. The molecule has 2 aliphatic heterocycles. The van der Waals surface area contributed by atoms with Crippen LogP contribution in [0.4, 0.5) is 0 Å². The van der Waals surface area contributed by atoms with E-state index in [-0.39, 0.29) is 0 Å². The highest BCUT2D eigenvalue weighted by Crippen LogP contribution is 2.44. The molecular formula is C18H30N2O2S. The molecule has 5 heteroatoms. The summed E-state index contributed by atoms with van der Waals surface area (Å²) < 4.78 is 10.8. The highest BCUT2D eigenvalue weighted by Gasteiger charge is 2.47. The lowest BCUT2D eigenvalue weighted by atomic mass is 9.71. The summed E-state index contributed by atoms with van der Waals surface area (Å²) in [5.41, 5.74) is 1.92. The molecule has 23 heavy (non-hydrogen) atoms. The predicted molar refractivity (Wildman–Crippen MR) is 94.9 cm³/mol. The SMILES string of the molecule is COCCN1C[C@H](COC)C2(CCN(Cc3ccsc3)CC2)C1. The van der Waals surface area contributed by atoms with E-state index in [2.05, 4.69) is 26.6 Å². The molecule has 0 aromatic carbocycles. The molecule has 1 spiro atoms. The van der Waals surface area contributed by atoms with Gasteiger partial charge in [-0.1, -0.05) is 0 Å². The molecule has 2 fully saturated rings. The minimum absolute atomic E-state index is 0.453. The molecule has 0 amide bonds. The van der Waals surface area contributed by atoms with Gasteiger partial charge in [0, 0.05) is 46.3 Å². The van der Waals surface area contributed by atoms with E-state index in [0.717, 1.165) is 26.3 Å². The van der Waals surface area contributed by atoms with Gasteiger partial charge in [-0.15, -0.1) is 0 Å². The summed E-state index contributed by atoms with van der Waals surface area (Å²) in [7, 11) is 3.64. The Labute approximate surface area is 144 Å². The molecule has 0 aliphatic carbocycles. The topological polar surface area (TPSA) is 24.9 Å². The van der Waals surface area contributed by atoms with Crippen molar-refractivity contribution in [3.05, 3.63) is 22.4 Å². The second-order valence-corrected chi connectivity index (χ2v) is 7.93. The highest BCUT2D eigenvalue weighted by molar-refractivity contribution is 7.07. The van der Waals surface area contributed by atoms with Crippen molar-refractivity contribution in [1.82, 2.24) is 9.80 Å². The Morgan fingerprint density at radius 1 is 1.22 bits per heavy atom. The minimum Gasteiger partial charge on any atom is -0.384 e. The maximum absolute atomic E-state index is 5.55. The number of thiophene rings is 1. The molecule has 0 saturated carbocycles. The van der Waals surface area contributed by atoms with Gasteiger partial charge in [0.1, 0.15) is 0 Å². The average molecular weight is 339 g/mol. The van der Waals surface area contributed by atoms with Crippen LogP contribution in [0.5, 0.6) is 0 Å². The van der Waals surface area contributed by atoms with Crippen molar-refractivity contribution in [3.63, 3.8) is 0 Å². The molecule has 1 aromatic heterocycles. The van der Waals surface area contributed by atoms with Gasteiger partial charge in [0.05, 0.1) is 13.2 Å². The number of ether oxygens (including phenoxy) is 2. The molecule has 130 valence electrons. The third-order valence-electron chi connectivity index (χ3n) is 5.70. The first-order valence-electron chi connectivity index (χ1n) is 8.69. The van der Waals surface area contributed by atoms with Crippen LogP contribution >= 0.6 is 11.3 Å². The zero-order chi connectivity index (χ0) is 16.1. The van der Waals surface area contributed by atoms with Crippen LogP contribution in [0, 0.1) is 11.3 Å². The van der Waals surface area contributed by atoms with Gasteiger partial charge in [-0.3, -0.25) is 4.90 Å². The molecule has 0 radical (unpaired) electrons. The van der Waals surface area contributed by atoms with Crippen molar-refractivity contribution in [1.29, 1.82) is 0 Å². The van der Waals surface area contributed by atoms with E-state index < -0.39 is 0 Å². The number of hydrogen-bond donors (Lipinski definition) is 0. The van der Waals surface area contributed by atoms with Gasteiger partial charge in [0.2, 0.25) is 0 Å². The number of nitrogens with zero attached hydrogens (tertiary/aromatic N) is 2. The van der Waals surface area contributed by atoms with Gasteiger partial charge in [0.25, 0.3) is 0 Å². The van der Waals surface area contributed by atoms with Crippen molar-refractivity contribution in [2.24, 2.45) is 11.3 Å². The molecule has 2 aliphatic rings. The van der Waals surface area contributed by atoms with Gasteiger partial charge in [-0.2, -0.15) is 11.3 Å². The Balaban J connectivity index is 1.57. The number of hydrogen-bond acceptors (Lipinski definition) is 5. The molecule has 3 rings (SSSR count). The standard InChI is InChI=1S/C18H30N2O2S/c1-21-9-8-20-12-17(13-22-2)18(15-20)4-6-19(7-5-18)11-16-3-10-23-14-16/h3,10,14,17H,4-9,11-13,15H2,1-2H3/t17-/m1/s1. The summed E-state index contributed by atoms with van der Waals surface area (Å²) in [6.45, 7) is 8.72. The van der Waals surface area contributed by atoms with E-state index in [1.807, 2.05) is 7.11 Å². The largest absolute Gasteiger partial charge is 0.384 e. The van der Waals surface area contributed by atoms with Crippen molar-refractivity contribution >= 4 is 11.3 Å². The maximum atomic E-state index is 5.55. The molecule has 1 aromatic rings. The van der Waals surface area contributed by atoms with Crippen LogP contribution in [0.3, 0.4) is 0 Å². The summed E-state index contributed by atoms with van der Waals surface area (Å²) in [4.78, 5) is 5.21. The van der Waals surface area contributed by atoms with E-state index in [4.69, 9.17) is 9.47 Å². The third kappa shape index (κ3) is 4.15. The number of likely N-dealkylation sites (tertiary alicyclic amines) is 2. The first kappa shape index (κ1) is 17.4. The number of rotatable bonds is 7. The predicted octanol–water partition coefficient (Wildman–Crippen LogP) is 2.55. The van der Waals surface area contributed by atoms with E-state index in [1.165, 1.54) is 44.6 Å². The Bertz CT molecular complexity index is 458. The Morgan fingerprint density at radius 2 is 2.04 bits per heavy atom. The van der Waals surface area contributed by atoms with Crippen LogP contribution in [0.25, 0.3) is 0 Å². The van der Waals surface area contributed by atoms with E-state index in [9.17, 15) is 0 Å². The lowest BCUT2D eigenvalue weighted by Crippen LogP contribution is -2.45. The van der Waals surface area contributed by atoms with Gasteiger partial charge >= 0.3 is 0 Å². The number of methoxy groups -OCH3 is 2. The monoisotopic (exact) mass is 338 g/mol. The molecule has 3 heterocycles. The van der Waals surface area contributed by atoms with E-state index >= 15 is 0 Å². The third-order valence-corrected chi connectivity index (χ3v) is 6.43. The maximum Gasteiger partial charge on any atom is 0.0589 e. The molecule has 0 N–H and O–H groups in total. The summed E-state index contributed by atoms with van der Waals surface area (Å²) >= 11 is 1.80. The van der Waals surface area contributed by atoms with E-state index in [1.54, 1.807) is 18.4 Å². The summed E-state index contributed by atoms with van der Waals surface area (Å²) in [6, 6.07) is 2.25. The van der Waals surface area contributed by atoms with Crippen LogP contribution in [-0.4, -0.2) is 70.0 Å². The van der Waals surface area contributed by atoms with Crippen LogP contribution in [-0.2, 0) is 16.0 Å².